The van der Waals surface area contributed by atoms with Crippen molar-refractivity contribution in [3.63, 3.8) is 0 Å². The molecule has 0 aromatic rings. The Morgan fingerprint density at radius 3 is 2.72 bits per heavy atom. The molecule has 3 N–H and O–H groups in total. The third kappa shape index (κ3) is 6.27. The Bertz CT molecular complexity index is 250. The maximum absolute atomic E-state index is 11.7. The maximum Gasteiger partial charge on any atom is 0.236 e. The van der Waals surface area contributed by atoms with E-state index in [4.69, 9.17) is 10.5 Å². The van der Waals surface area contributed by atoms with E-state index in [2.05, 4.69) is 5.32 Å². The van der Waals surface area contributed by atoms with Crippen LogP contribution < -0.4 is 11.1 Å². The molecule has 108 valence electrons. The zero-order valence-electron chi connectivity index (χ0n) is 11.2. The van der Waals surface area contributed by atoms with Gasteiger partial charge in [0.15, 0.2) is 0 Å². The Hall–Kier alpha value is 0.0300. The molecule has 1 unspecified atom stereocenters. The molecule has 6 heteroatoms. The van der Waals surface area contributed by atoms with Crippen LogP contribution in [0.2, 0.25) is 0 Å². The minimum Gasteiger partial charge on any atom is -0.385 e. The van der Waals surface area contributed by atoms with Crippen molar-refractivity contribution in [2.24, 2.45) is 11.1 Å². The highest BCUT2D eigenvalue weighted by molar-refractivity contribution is 7.98. The van der Waals surface area contributed by atoms with Crippen LogP contribution in [-0.2, 0) is 9.53 Å². The van der Waals surface area contributed by atoms with Crippen molar-refractivity contribution in [2.45, 2.75) is 31.7 Å². The number of nitrogens with one attached hydrogen (secondary N) is 1. The predicted molar refractivity (Wildman–Crippen MR) is 79.4 cm³/mol. The van der Waals surface area contributed by atoms with E-state index in [0.717, 1.165) is 31.7 Å². The van der Waals surface area contributed by atoms with Crippen LogP contribution in [0.5, 0.6) is 0 Å². The van der Waals surface area contributed by atoms with Crippen LogP contribution in [0.25, 0.3) is 0 Å². The van der Waals surface area contributed by atoms with Crippen molar-refractivity contribution in [1.29, 1.82) is 0 Å². The number of ether oxygens (including phenoxy) is 1. The highest BCUT2D eigenvalue weighted by atomic mass is 35.5. The van der Waals surface area contributed by atoms with Crippen molar-refractivity contribution in [3.05, 3.63) is 0 Å². The summed E-state index contributed by atoms with van der Waals surface area (Å²) in [7, 11) is 1.72. The first-order valence-corrected chi connectivity index (χ1v) is 7.54. The summed E-state index contributed by atoms with van der Waals surface area (Å²) in [4.78, 5) is 11.7. The van der Waals surface area contributed by atoms with Gasteiger partial charge in [-0.2, -0.15) is 11.8 Å². The van der Waals surface area contributed by atoms with Gasteiger partial charge in [0.2, 0.25) is 5.91 Å². The fourth-order valence-corrected chi connectivity index (χ4v) is 2.28. The average molecular weight is 297 g/mol. The Morgan fingerprint density at radius 1 is 1.56 bits per heavy atom. The van der Waals surface area contributed by atoms with Crippen molar-refractivity contribution < 1.29 is 9.53 Å². The molecule has 1 rings (SSSR count). The molecule has 1 saturated carbocycles. The molecule has 0 aromatic carbocycles. The number of thioether (sulfide) groups is 1. The van der Waals surface area contributed by atoms with E-state index in [0.29, 0.717) is 5.41 Å². The van der Waals surface area contributed by atoms with Gasteiger partial charge in [-0.1, -0.05) is 0 Å². The molecular formula is C12H25ClN2O2S. The maximum atomic E-state index is 11.7. The summed E-state index contributed by atoms with van der Waals surface area (Å²) in [5, 5.41) is 2.97. The van der Waals surface area contributed by atoms with Crippen LogP contribution in [0.15, 0.2) is 0 Å². The van der Waals surface area contributed by atoms with Gasteiger partial charge in [-0.25, -0.2) is 0 Å². The molecule has 1 aliphatic rings. The van der Waals surface area contributed by atoms with E-state index in [1.165, 1.54) is 12.8 Å². The minimum atomic E-state index is -0.360. The quantitative estimate of drug-likeness (QED) is 0.675. The first-order valence-electron chi connectivity index (χ1n) is 6.15. The highest BCUT2D eigenvalue weighted by Crippen LogP contribution is 2.48. The number of amides is 1. The number of hydrogen-bond acceptors (Lipinski definition) is 4. The van der Waals surface area contributed by atoms with Gasteiger partial charge in [-0.05, 0) is 43.1 Å². The first kappa shape index (κ1) is 18.0. The van der Waals surface area contributed by atoms with Gasteiger partial charge < -0.3 is 15.8 Å². The molecule has 0 bridgehead atoms. The minimum absolute atomic E-state index is 0. The molecular weight excluding hydrogens is 272 g/mol. The molecule has 0 radical (unpaired) electrons. The van der Waals surface area contributed by atoms with E-state index < -0.39 is 0 Å². The molecule has 0 aliphatic heterocycles. The van der Waals surface area contributed by atoms with Crippen molar-refractivity contribution in [3.8, 4) is 0 Å². The second kappa shape index (κ2) is 9.02. The van der Waals surface area contributed by atoms with E-state index >= 15 is 0 Å². The molecule has 1 fully saturated rings. The summed E-state index contributed by atoms with van der Waals surface area (Å²) in [5.41, 5.74) is 6.10. The smallest absolute Gasteiger partial charge is 0.236 e. The van der Waals surface area contributed by atoms with Crippen LogP contribution in [0.1, 0.15) is 25.7 Å². The molecule has 1 amide bonds. The highest BCUT2D eigenvalue weighted by Gasteiger charge is 2.42. The Morgan fingerprint density at radius 2 is 2.22 bits per heavy atom. The van der Waals surface area contributed by atoms with Crippen molar-refractivity contribution in [1.82, 2.24) is 5.32 Å². The largest absolute Gasteiger partial charge is 0.385 e. The third-order valence-corrected chi connectivity index (χ3v) is 4.04. The Kier molecular flexibility index (Phi) is 9.03. The monoisotopic (exact) mass is 296 g/mol. The van der Waals surface area contributed by atoms with Crippen LogP contribution in [0.3, 0.4) is 0 Å². The summed E-state index contributed by atoms with van der Waals surface area (Å²) >= 11 is 1.72. The lowest BCUT2D eigenvalue weighted by molar-refractivity contribution is -0.122. The zero-order chi connectivity index (χ0) is 12.7. The van der Waals surface area contributed by atoms with E-state index in [9.17, 15) is 4.79 Å². The molecule has 0 heterocycles. The summed E-state index contributed by atoms with van der Waals surface area (Å²) in [6.45, 7) is 1.52. The fraction of sp³-hybridized carbons (Fsp3) is 0.917. The van der Waals surface area contributed by atoms with Crippen LogP contribution in [0.4, 0.5) is 0 Å². The molecule has 0 aromatic heterocycles. The normalized spacial score (nSPS) is 17.7. The second-order valence-electron chi connectivity index (χ2n) is 4.85. The van der Waals surface area contributed by atoms with E-state index in [1.54, 1.807) is 18.9 Å². The Balaban J connectivity index is 0.00000289. The molecule has 0 spiro atoms. The van der Waals surface area contributed by atoms with Gasteiger partial charge in [-0.3, -0.25) is 4.79 Å². The average Bonchev–Trinajstić information content (AvgIpc) is 3.11. The van der Waals surface area contributed by atoms with Gasteiger partial charge in [-0.15, -0.1) is 12.4 Å². The molecule has 1 aliphatic carbocycles. The lowest BCUT2D eigenvalue weighted by Crippen LogP contribution is -2.43. The number of carbonyl (C=O) groups is 1. The van der Waals surface area contributed by atoms with Gasteiger partial charge >= 0.3 is 0 Å². The summed E-state index contributed by atoms with van der Waals surface area (Å²) in [6, 6.07) is -0.360. The van der Waals surface area contributed by atoms with Gasteiger partial charge in [0.1, 0.15) is 0 Å². The molecule has 1 atom stereocenters. The number of halogens is 1. The van der Waals surface area contributed by atoms with E-state index in [1.807, 2.05) is 6.26 Å². The zero-order valence-corrected chi connectivity index (χ0v) is 12.9. The fourth-order valence-electron chi connectivity index (χ4n) is 1.79. The first-order chi connectivity index (χ1) is 8.13. The summed E-state index contributed by atoms with van der Waals surface area (Å²) in [6.07, 6.45) is 6.18. The molecule has 18 heavy (non-hydrogen) atoms. The second-order valence-corrected chi connectivity index (χ2v) is 5.83. The third-order valence-electron chi connectivity index (χ3n) is 3.40. The van der Waals surface area contributed by atoms with Gasteiger partial charge in [0.05, 0.1) is 6.04 Å². The van der Waals surface area contributed by atoms with Gasteiger partial charge in [0, 0.05) is 20.3 Å². The Labute approximate surface area is 120 Å². The van der Waals surface area contributed by atoms with Crippen LogP contribution in [0, 0.1) is 5.41 Å². The lowest BCUT2D eigenvalue weighted by atomic mass is 10.0. The summed E-state index contributed by atoms with van der Waals surface area (Å²) in [5.74, 6) is 0.923. The van der Waals surface area contributed by atoms with E-state index in [-0.39, 0.29) is 24.4 Å². The number of carbonyl (C=O) groups excluding carboxylic acids is 1. The number of hydrogen-bond donors (Lipinski definition) is 2. The standard InChI is InChI=1S/C12H24N2O2S.ClH/c1-16-7-6-12(4-5-12)9-14-11(15)10(13)3-8-17-2;/h10H,3-9,13H2,1-2H3,(H,14,15);1H. The summed E-state index contributed by atoms with van der Waals surface area (Å²) < 4.78 is 5.08. The molecule has 0 saturated heterocycles. The SMILES string of the molecule is COCCC1(CNC(=O)C(N)CCSC)CC1.Cl. The van der Waals surface area contributed by atoms with Crippen molar-refractivity contribution in [2.75, 3.05) is 32.3 Å². The van der Waals surface area contributed by atoms with Crippen LogP contribution >= 0.6 is 24.2 Å². The lowest BCUT2D eigenvalue weighted by Gasteiger charge is -2.17. The number of methoxy groups -OCH3 is 1. The van der Waals surface area contributed by atoms with Gasteiger partial charge in [0.25, 0.3) is 0 Å². The number of nitrogens with two attached hydrogens (primary N) is 1. The number of rotatable bonds is 9. The van der Waals surface area contributed by atoms with Crippen molar-refractivity contribution >= 4 is 30.1 Å². The molecule has 4 nitrogen and oxygen atoms in total. The predicted octanol–water partition coefficient (Wildman–Crippen LogP) is 1.42. The van der Waals surface area contributed by atoms with Crippen LogP contribution in [-0.4, -0.2) is 44.2 Å². The topological polar surface area (TPSA) is 64.3 Å².